The standard InChI is InChI=1S/C24H33N3O3/c1-27(2)22(18-12-14-20(29-3)15-13-18)17-26-24(28)25-16-19-8-4-7-11-23(19)30-21-9-5-6-10-21/h4,7-8,11-15,21-22H,5-6,9-10,16-17H2,1-3H3,(H2,25,26,28). The van der Waals surface area contributed by atoms with Crippen molar-refractivity contribution in [3.05, 3.63) is 59.7 Å². The number of nitrogens with zero attached hydrogens (tertiary/aromatic N) is 1. The Hall–Kier alpha value is -2.73. The molecule has 1 aliphatic rings. The normalized spacial score (nSPS) is 15.1. The van der Waals surface area contributed by atoms with Gasteiger partial charge in [0.1, 0.15) is 11.5 Å². The minimum absolute atomic E-state index is 0.0691. The number of urea groups is 1. The third-order valence-corrected chi connectivity index (χ3v) is 5.59. The fraction of sp³-hybridized carbons (Fsp3) is 0.458. The molecule has 3 rings (SSSR count). The quantitative estimate of drug-likeness (QED) is 0.652. The van der Waals surface area contributed by atoms with Crippen LogP contribution in [-0.4, -0.2) is 44.8 Å². The number of para-hydroxylation sites is 1. The Kier molecular flexibility index (Phi) is 7.97. The zero-order valence-corrected chi connectivity index (χ0v) is 18.2. The highest BCUT2D eigenvalue weighted by Gasteiger charge is 2.18. The van der Waals surface area contributed by atoms with Crippen molar-refractivity contribution in [2.75, 3.05) is 27.7 Å². The Bertz CT molecular complexity index is 802. The van der Waals surface area contributed by atoms with E-state index in [9.17, 15) is 4.79 Å². The highest BCUT2D eigenvalue weighted by molar-refractivity contribution is 5.74. The molecule has 30 heavy (non-hydrogen) atoms. The summed E-state index contributed by atoms with van der Waals surface area (Å²) in [5.74, 6) is 1.69. The van der Waals surface area contributed by atoms with Crippen molar-refractivity contribution in [1.82, 2.24) is 15.5 Å². The molecular weight excluding hydrogens is 378 g/mol. The number of amides is 2. The Labute approximate surface area is 179 Å². The van der Waals surface area contributed by atoms with Crippen molar-refractivity contribution < 1.29 is 14.3 Å². The first kappa shape index (κ1) is 22.0. The van der Waals surface area contributed by atoms with Gasteiger partial charge >= 0.3 is 6.03 Å². The maximum atomic E-state index is 12.4. The summed E-state index contributed by atoms with van der Waals surface area (Å²) < 4.78 is 11.4. The molecule has 0 heterocycles. The van der Waals surface area contributed by atoms with Crippen molar-refractivity contribution in [3.8, 4) is 11.5 Å². The van der Waals surface area contributed by atoms with E-state index < -0.39 is 0 Å². The lowest BCUT2D eigenvalue weighted by molar-refractivity contribution is 0.207. The Balaban J connectivity index is 1.52. The molecule has 0 aromatic heterocycles. The first-order valence-electron chi connectivity index (χ1n) is 10.6. The highest BCUT2D eigenvalue weighted by Crippen LogP contribution is 2.26. The van der Waals surface area contributed by atoms with E-state index in [4.69, 9.17) is 9.47 Å². The van der Waals surface area contributed by atoms with Gasteiger partial charge in [0.25, 0.3) is 0 Å². The molecule has 2 amide bonds. The number of rotatable bonds is 9. The van der Waals surface area contributed by atoms with Crippen LogP contribution in [0, 0.1) is 0 Å². The largest absolute Gasteiger partial charge is 0.497 e. The second-order valence-corrected chi connectivity index (χ2v) is 7.95. The Morgan fingerprint density at radius 3 is 2.43 bits per heavy atom. The number of ether oxygens (including phenoxy) is 2. The van der Waals surface area contributed by atoms with Gasteiger partial charge in [-0.1, -0.05) is 30.3 Å². The second kappa shape index (κ2) is 10.9. The molecule has 6 nitrogen and oxygen atoms in total. The molecule has 1 aliphatic carbocycles. The monoisotopic (exact) mass is 411 g/mol. The van der Waals surface area contributed by atoms with Crippen LogP contribution < -0.4 is 20.1 Å². The second-order valence-electron chi connectivity index (χ2n) is 7.95. The summed E-state index contributed by atoms with van der Waals surface area (Å²) in [6, 6.07) is 15.8. The molecule has 0 spiro atoms. The van der Waals surface area contributed by atoms with E-state index in [0.717, 1.165) is 35.5 Å². The molecule has 6 heteroatoms. The summed E-state index contributed by atoms with van der Waals surface area (Å²) >= 11 is 0. The number of benzene rings is 2. The third kappa shape index (κ3) is 6.13. The number of carbonyl (C=O) groups excluding carboxylic acids is 1. The van der Waals surface area contributed by atoms with Crippen LogP contribution in [0.4, 0.5) is 4.79 Å². The number of hydrogen-bond donors (Lipinski definition) is 2. The molecule has 2 aromatic rings. The van der Waals surface area contributed by atoms with Gasteiger partial charge in [0.15, 0.2) is 0 Å². The molecule has 1 unspecified atom stereocenters. The summed E-state index contributed by atoms with van der Waals surface area (Å²) in [4.78, 5) is 14.5. The van der Waals surface area contributed by atoms with Crippen LogP contribution in [-0.2, 0) is 6.54 Å². The van der Waals surface area contributed by atoms with E-state index in [1.54, 1.807) is 7.11 Å². The van der Waals surface area contributed by atoms with Gasteiger partial charge in [-0.2, -0.15) is 0 Å². The van der Waals surface area contributed by atoms with E-state index in [-0.39, 0.29) is 12.1 Å². The van der Waals surface area contributed by atoms with Crippen LogP contribution in [0.15, 0.2) is 48.5 Å². The van der Waals surface area contributed by atoms with Crippen LogP contribution in [0.3, 0.4) is 0 Å². The van der Waals surface area contributed by atoms with E-state index >= 15 is 0 Å². The minimum Gasteiger partial charge on any atom is -0.497 e. The van der Waals surface area contributed by atoms with Gasteiger partial charge < -0.3 is 25.0 Å². The first-order chi connectivity index (χ1) is 14.6. The van der Waals surface area contributed by atoms with Gasteiger partial charge in [-0.15, -0.1) is 0 Å². The maximum absolute atomic E-state index is 12.4. The fourth-order valence-electron chi connectivity index (χ4n) is 3.80. The molecule has 0 bridgehead atoms. The van der Waals surface area contributed by atoms with Gasteiger partial charge in [-0.25, -0.2) is 4.79 Å². The number of methoxy groups -OCH3 is 1. The average Bonchev–Trinajstić information content (AvgIpc) is 3.26. The summed E-state index contributed by atoms with van der Waals surface area (Å²) in [6.07, 6.45) is 4.98. The van der Waals surface area contributed by atoms with Crippen molar-refractivity contribution in [1.29, 1.82) is 0 Å². The van der Waals surface area contributed by atoms with Gasteiger partial charge in [0, 0.05) is 18.7 Å². The van der Waals surface area contributed by atoms with E-state index in [1.807, 2.05) is 62.6 Å². The number of carbonyl (C=O) groups is 1. The lowest BCUT2D eigenvalue weighted by Crippen LogP contribution is -2.40. The average molecular weight is 412 g/mol. The molecule has 0 aliphatic heterocycles. The number of likely N-dealkylation sites (N-methyl/N-ethyl adjacent to an activating group) is 1. The first-order valence-corrected chi connectivity index (χ1v) is 10.6. The van der Waals surface area contributed by atoms with Gasteiger partial charge in [-0.3, -0.25) is 0 Å². The van der Waals surface area contributed by atoms with Crippen molar-refractivity contribution in [2.45, 2.75) is 44.4 Å². The van der Waals surface area contributed by atoms with Crippen molar-refractivity contribution in [2.24, 2.45) is 0 Å². The van der Waals surface area contributed by atoms with Crippen LogP contribution in [0.1, 0.15) is 42.9 Å². The summed E-state index contributed by atoms with van der Waals surface area (Å²) in [7, 11) is 5.66. The molecule has 0 saturated heterocycles. The van der Waals surface area contributed by atoms with Gasteiger partial charge in [0.2, 0.25) is 0 Å². The molecule has 2 aromatic carbocycles. The zero-order valence-electron chi connectivity index (χ0n) is 18.2. The predicted octanol–water partition coefficient (Wildman–Crippen LogP) is 4.12. The highest BCUT2D eigenvalue weighted by atomic mass is 16.5. The number of hydrogen-bond acceptors (Lipinski definition) is 4. The van der Waals surface area contributed by atoms with E-state index in [0.29, 0.717) is 19.2 Å². The molecule has 1 fully saturated rings. The molecule has 162 valence electrons. The smallest absolute Gasteiger partial charge is 0.315 e. The number of nitrogens with one attached hydrogen (secondary N) is 2. The summed E-state index contributed by atoms with van der Waals surface area (Å²) in [5.41, 5.74) is 2.12. The Morgan fingerprint density at radius 1 is 1.07 bits per heavy atom. The van der Waals surface area contributed by atoms with Gasteiger partial charge in [0.05, 0.1) is 19.3 Å². The van der Waals surface area contributed by atoms with Gasteiger partial charge in [-0.05, 0) is 63.5 Å². The lowest BCUT2D eigenvalue weighted by atomic mass is 10.1. The molecule has 2 N–H and O–H groups in total. The Morgan fingerprint density at radius 2 is 1.77 bits per heavy atom. The molecule has 1 saturated carbocycles. The molecular formula is C24H33N3O3. The van der Waals surface area contributed by atoms with Crippen LogP contribution in [0.5, 0.6) is 11.5 Å². The van der Waals surface area contributed by atoms with E-state index in [2.05, 4.69) is 15.5 Å². The van der Waals surface area contributed by atoms with E-state index in [1.165, 1.54) is 12.8 Å². The lowest BCUT2D eigenvalue weighted by Gasteiger charge is -2.25. The van der Waals surface area contributed by atoms with Crippen molar-refractivity contribution in [3.63, 3.8) is 0 Å². The molecule has 1 atom stereocenters. The van der Waals surface area contributed by atoms with Crippen molar-refractivity contribution >= 4 is 6.03 Å². The zero-order chi connectivity index (χ0) is 21.3. The minimum atomic E-state index is -0.189. The summed E-state index contributed by atoms with van der Waals surface area (Å²) in [6.45, 7) is 0.940. The molecule has 0 radical (unpaired) electrons. The van der Waals surface area contributed by atoms with Crippen LogP contribution >= 0.6 is 0 Å². The summed E-state index contributed by atoms with van der Waals surface area (Å²) in [5, 5.41) is 5.95. The predicted molar refractivity (Wildman–Crippen MR) is 119 cm³/mol. The fourth-order valence-corrected chi connectivity index (χ4v) is 3.80. The third-order valence-electron chi connectivity index (χ3n) is 5.59. The van der Waals surface area contributed by atoms with Crippen LogP contribution in [0.2, 0.25) is 0 Å². The van der Waals surface area contributed by atoms with Crippen LogP contribution in [0.25, 0.3) is 0 Å². The maximum Gasteiger partial charge on any atom is 0.315 e. The topological polar surface area (TPSA) is 62.8 Å². The SMILES string of the molecule is COc1ccc(C(CNC(=O)NCc2ccccc2OC2CCCC2)N(C)C)cc1.